The molecule has 0 atom stereocenters. The zero-order valence-electron chi connectivity index (χ0n) is 9.38. The molecule has 84 valence electrons. The first kappa shape index (κ1) is 11.4. The van der Waals surface area contributed by atoms with Crippen molar-refractivity contribution in [1.29, 1.82) is 5.26 Å². The van der Waals surface area contributed by atoms with Crippen LogP contribution in [-0.2, 0) is 0 Å². The van der Waals surface area contributed by atoms with E-state index >= 15 is 0 Å². The summed E-state index contributed by atoms with van der Waals surface area (Å²) in [5.74, 6) is 0.816. The molecular formula is C14H11NOS. The Morgan fingerprint density at radius 1 is 1.29 bits per heavy atom. The monoisotopic (exact) mass is 241 g/mol. The van der Waals surface area contributed by atoms with Crippen LogP contribution < -0.4 is 4.74 Å². The first-order valence-corrected chi connectivity index (χ1v) is 6.01. The van der Waals surface area contributed by atoms with Gasteiger partial charge in [0.25, 0.3) is 0 Å². The van der Waals surface area contributed by atoms with Gasteiger partial charge in [-0.25, -0.2) is 0 Å². The average molecular weight is 241 g/mol. The molecule has 1 aromatic heterocycles. The summed E-state index contributed by atoms with van der Waals surface area (Å²) in [7, 11) is 1.64. The number of thiophene rings is 1. The molecule has 0 aliphatic rings. The van der Waals surface area contributed by atoms with Crippen molar-refractivity contribution >= 4 is 16.9 Å². The lowest BCUT2D eigenvalue weighted by Crippen LogP contribution is -1.86. The number of nitriles is 1. The third-order valence-corrected chi connectivity index (χ3v) is 3.30. The van der Waals surface area contributed by atoms with Gasteiger partial charge in [-0.05, 0) is 29.1 Å². The largest absolute Gasteiger partial charge is 0.497 e. The maximum absolute atomic E-state index is 8.85. The molecule has 0 radical (unpaired) electrons. The number of hydrogen-bond acceptors (Lipinski definition) is 3. The van der Waals surface area contributed by atoms with Gasteiger partial charge < -0.3 is 4.74 Å². The molecule has 2 aromatic rings. The summed E-state index contributed by atoms with van der Waals surface area (Å²) in [6.07, 6.45) is 1.58. The zero-order valence-corrected chi connectivity index (χ0v) is 10.2. The predicted molar refractivity (Wildman–Crippen MR) is 70.0 cm³/mol. The fourth-order valence-electron chi connectivity index (χ4n) is 1.56. The predicted octanol–water partition coefficient (Wildman–Crippen LogP) is 3.71. The number of benzene rings is 1. The van der Waals surface area contributed by atoms with Crippen LogP contribution in [-0.4, -0.2) is 7.11 Å². The second kappa shape index (κ2) is 5.33. The van der Waals surface area contributed by atoms with Gasteiger partial charge in [-0.2, -0.15) is 5.26 Å². The van der Waals surface area contributed by atoms with Crippen molar-refractivity contribution in [2.45, 2.75) is 0 Å². The molecule has 0 amide bonds. The molecule has 1 aromatic carbocycles. The summed E-state index contributed by atoms with van der Waals surface area (Å²) in [4.78, 5) is 1.09. The Hall–Kier alpha value is -2.05. The average Bonchev–Trinajstić information content (AvgIpc) is 2.90. The van der Waals surface area contributed by atoms with Crippen molar-refractivity contribution in [2.75, 3.05) is 7.11 Å². The number of nitrogens with zero attached hydrogens (tertiary/aromatic N) is 1. The second-order valence-electron chi connectivity index (χ2n) is 3.39. The van der Waals surface area contributed by atoms with Gasteiger partial charge in [-0.15, -0.1) is 11.3 Å². The van der Waals surface area contributed by atoms with Crippen molar-refractivity contribution in [3.63, 3.8) is 0 Å². The van der Waals surface area contributed by atoms with E-state index in [0.717, 1.165) is 21.8 Å². The Morgan fingerprint density at radius 3 is 2.59 bits per heavy atom. The maximum atomic E-state index is 8.85. The first-order valence-electron chi connectivity index (χ1n) is 5.13. The highest BCUT2D eigenvalue weighted by Crippen LogP contribution is 2.28. The Labute approximate surface area is 104 Å². The molecule has 2 nitrogen and oxygen atoms in total. The molecule has 0 unspecified atom stereocenters. The second-order valence-corrected chi connectivity index (χ2v) is 4.34. The Balaban J connectivity index is 2.41. The summed E-state index contributed by atoms with van der Waals surface area (Å²) in [5, 5.41) is 10.9. The fraction of sp³-hybridized carbons (Fsp3) is 0.0714. The number of ether oxygens (including phenoxy) is 1. The minimum Gasteiger partial charge on any atom is -0.497 e. The highest BCUT2D eigenvalue weighted by atomic mass is 32.1. The molecule has 0 aliphatic carbocycles. The zero-order chi connectivity index (χ0) is 12.1. The highest BCUT2D eigenvalue weighted by molar-refractivity contribution is 7.11. The molecule has 0 saturated carbocycles. The van der Waals surface area contributed by atoms with Crippen LogP contribution in [0.3, 0.4) is 0 Å². The summed E-state index contributed by atoms with van der Waals surface area (Å²) < 4.78 is 5.12. The SMILES string of the molecule is COc1ccc(/C(=C/C#N)c2cccs2)cc1. The van der Waals surface area contributed by atoms with E-state index in [1.807, 2.05) is 41.8 Å². The molecule has 1 heterocycles. The number of hydrogen-bond donors (Lipinski definition) is 0. The van der Waals surface area contributed by atoms with Gasteiger partial charge in [-0.3, -0.25) is 0 Å². The van der Waals surface area contributed by atoms with E-state index in [9.17, 15) is 0 Å². The van der Waals surface area contributed by atoms with Crippen LogP contribution in [0, 0.1) is 11.3 Å². The molecule has 2 rings (SSSR count). The van der Waals surface area contributed by atoms with E-state index in [0.29, 0.717) is 0 Å². The molecule has 0 fully saturated rings. The first-order chi connectivity index (χ1) is 8.35. The van der Waals surface area contributed by atoms with Crippen LogP contribution in [0.2, 0.25) is 0 Å². The molecule has 0 aliphatic heterocycles. The minimum atomic E-state index is 0.816. The lowest BCUT2D eigenvalue weighted by Gasteiger charge is -2.05. The molecule has 0 N–H and O–H groups in total. The van der Waals surface area contributed by atoms with E-state index in [2.05, 4.69) is 6.07 Å². The third kappa shape index (κ3) is 2.55. The lowest BCUT2D eigenvalue weighted by molar-refractivity contribution is 0.415. The Morgan fingerprint density at radius 2 is 2.06 bits per heavy atom. The van der Waals surface area contributed by atoms with Crippen LogP contribution in [0.1, 0.15) is 10.4 Å². The van der Waals surface area contributed by atoms with E-state index in [1.165, 1.54) is 0 Å². The molecule has 3 heteroatoms. The molecule has 17 heavy (non-hydrogen) atoms. The summed E-state index contributed by atoms with van der Waals surface area (Å²) in [5.41, 5.74) is 1.97. The van der Waals surface area contributed by atoms with Crippen LogP contribution in [0.5, 0.6) is 5.75 Å². The normalized spacial score (nSPS) is 10.9. The quantitative estimate of drug-likeness (QED) is 0.767. The maximum Gasteiger partial charge on any atom is 0.118 e. The lowest BCUT2D eigenvalue weighted by atomic mass is 10.0. The van der Waals surface area contributed by atoms with Gasteiger partial charge in [0.15, 0.2) is 0 Å². The highest BCUT2D eigenvalue weighted by Gasteiger charge is 2.05. The van der Waals surface area contributed by atoms with Gasteiger partial charge in [0, 0.05) is 16.5 Å². The van der Waals surface area contributed by atoms with Gasteiger partial charge in [-0.1, -0.05) is 18.2 Å². The van der Waals surface area contributed by atoms with E-state index in [-0.39, 0.29) is 0 Å². The van der Waals surface area contributed by atoms with Crippen molar-refractivity contribution in [1.82, 2.24) is 0 Å². The van der Waals surface area contributed by atoms with E-state index < -0.39 is 0 Å². The standard InChI is InChI=1S/C14H11NOS/c1-16-12-6-4-11(5-7-12)13(8-9-15)14-3-2-10-17-14/h2-8,10H,1H3/b13-8-. The van der Waals surface area contributed by atoms with Crippen LogP contribution in [0.15, 0.2) is 47.9 Å². The molecule has 0 bridgehead atoms. The van der Waals surface area contributed by atoms with Crippen molar-refractivity contribution < 1.29 is 4.74 Å². The van der Waals surface area contributed by atoms with Crippen molar-refractivity contribution in [3.8, 4) is 11.8 Å². The summed E-state index contributed by atoms with van der Waals surface area (Å²) >= 11 is 1.63. The van der Waals surface area contributed by atoms with Gasteiger partial charge in [0.1, 0.15) is 5.75 Å². The van der Waals surface area contributed by atoms with Crippen LogP contribution in [0.25, 0.3) is 5.57 Å². The van der Waals surface area contributed by atoms with Crippen molar-refractivity contribution in [2.24, 2.45) is 0 Å². The summed E-state index contributed by atoms with van der Waals surface area (Å²) in [6.45, 7) is 0. The molecule has 0 spiro atoms. The number of methoxy groups -OCH3 is 1. The third-order valence-electron chi connectivity index (χ3n) is 2.40. The fourth-order valence-corrected chi connectivity index (χ4v) is 2.33. The van der Waals surface area contributed by atoms with Crippen molar-refractivity contribution in [3.05, 3.63) is 58.3 Å². The van der Waals surface area contributed by atoms with E-state index in [4.69, 9.17) is 10.00 Å². The van der Waals surface area contributed by atoms with Gasteiger partial charge >= 0.3 is 0 Å². The smallest absolute Gasteiger partial charge is 0.118 e. The topological polar surface area (TPSA) is 33.0 Å². The van der Waals surface area contributed by atoms with Gasteiger partial charge in [0.05, 0.1) is 13.2 Å². The number of rotatable bonds is 3. The van der Waals surface area contributed by atoms with Gasteiger partial charge in [0.2, 0.25) is 0 Å². The minimum absolute atomic E-state index is 0.816. The molecular weight excluding hydrogens is 230 g/mol. The van der Waals surface area contributed by atoms with Crippen LogP contribution in [0.4, 0.5) is 0 Å². The Kier molecular flexibility index (Phi) is 3.59. The van der Waals surface area contributed by atoms with E-state index in [1.54, 1.807) is 24.5 Å². The van der Waals surface area contributed by atoms with Crippen LogP contribution >= 0.6 is 11.3 Å². The Bertz CT molecular complexity index is 547. The number of allylic oxidation sites excluding steroid dienone is 1. The summed E-state index contributed by atoms with van der Waals surface area (Å²) in [6, 6.07) is 13.8. The molecule has 0 saturated heterocycles.